The predicted octanol–water partition coefficient (Wildman–Crippen LogP) is 0.127. The van der Waals surface area contributed by atoms with Crippen LogP contribution in [0.2, 0.25) is 0 Å². The second-order valence-electron chi connectivity index (χ2n) is 1.67. The van der Waals surface area contributed by atoms with Crippen molar-refractivity contribution in [2.24, 2.45) is 5.73 Å². The Hall–Kier alpha value is -0.370. The van der Waals surface area contributed by atoms with E-state index in [0.717, 1.165) is 0 Å². The molecule has 1 unspecified atom stereocenters. The number of rotatable bonds is 2. The van der Waals surface area contributed by atoms with E-state index in [9.17, 15) is 4.79 Å². The Balaban J connectivity index is 3.13. The highest BCUT2D eigenvalue weighted by Crippen LogP contribution is 1.83. The summed E-state index contributed by atoms with van der Waals surface area (Å²) in [7, 11) is 0. The summed E-state index contributed by atoms with van der Waals surface area (Å²) in [5.41, 5.74) is 5.16. The number of carbonyl (C=O) groups is 1. The maximum atomic E-state index is 10.1. The quantitative estimate of drug-likeness (QED) is 0.536. The smallest absolute Gasteiger partial charge is 0.131 e. The summed E-state index contributed by atoms with van der Waals surface area (Å²) >= 11 is 0. The third-order valence-corrected chi connectivity index (χ3v) is 0.550. The fourth-order valence-corrected chi connectivity index (χ4v) is 0.369. The Bertz CT molecular complexity index is 68.5. The van der Waals surface area contributed by atoms with Crippen LogP contribution in [0, 0.1) is 6.92 Å². The van der Waals surface area contributed by atoms with E-state index in [2.05, 4.69) is 6.92 Å². The van der Waals surface area contributed by atoms with E-state index in [0.29, 0.717) is 6.42 Å². The molecule has 0 aromatic rings. The molecule has 0 heterocycles. The van der Waals surface area contributed by atoms with Crippen molar-refractivity contribution < 1.29 is 4.79 Å². The minimum atomic E-state index is -0.225. The van der Waals surface area contributed by atoms with Gasteiger partial charge in [-0.3, -0.25) is 4.79 Å². The van der Waals surface area contributed by atoms with Gasteiger partial charge in [-0.25, -0.2) is 0 Å². The van der Waals surface area contributed by atoms with Gasteiger partial charge in [-0.15, -0.1) is 0 Å². The first kappa shape index (κ1) is 6.63. The number of Topliss-reactive ketones (excluding diaryl/α,β-unsaturated/α-hetero) is 1. The molecule has 0 saturated heterocycles. The molecule has 0 aromatic carbocycles. The van der Waals surface area contributed by atoms with Crippen LogP contribution in [0.25, 0.3) is 0 Å². The van der Waals surface area contributed by atoms with Crippen LogP contribution in [0.5, 0.6) is 0 Å². The highest BCUT2D eigenvalue weighted by atomic mass is 16.1. The molecule has 0 aliphatic rings. The molecule has 0 aliphatic carbocycles. The van der Waals surface area contributed by atoms with E-state index >= 15 is 0 Å². The van der Waals surface area contributed by atoms with Crippen molar-refractivity contribution in [1.29, 1.82) is 0 Å². The van der Waals surface area contributed by atoms with Gasteiger partial charge in [0.25, 0.3) is 0 Å². The summed E-state index contributed by atoms with van der Waals surface area (Å²) in [6.45, 7) is 4.94. The maximum Gasteiger partial charge on any atom is 0.131 e. The molecule has 2 heteroatoms. The number of hydrogen-bond donors (Lipinski definition) is 1. The molecule has 0 spiro atoms. The minimum Gasteiger partial charge on any atom is -0.327 e. The Morgan fingerprint density at radius 1 is 2.00 bits per heavy atom. The van der Waals surface area contributed by atoms with Crippen molar-refractivity contribution in [2.45, 2.75) is 19.4 Å². The number of ketones is 1. The molecule has 2 nitrogen and oxygen atoms in total. The Morgan fingerprint density at radius 2 is 2.43 bits per heavy atom. The van der Waals surface area contributed by atoms with Gasteiger partial charge in [-0.2, -0.15) is 0 Å². The number of hydrogen-bond acceptors (Lipinski definition) is 2. The third-order valence-electron chi connectivity index (χ3n) is 0.550. The molecule has 1 atom stereocenters. The molecular formula is C5H10NO. The van der Waals surface area contributed by atoms with E-state index in [1.54, 1.807) is 0 Å². The van der Waals surface area contributed by atoms with Gasteiger partial charge in [0.15, 0.2) is 0 Å². The summed E-state index contributed by atoms with van der Waals surface area (Å²) in [4.78, 5) is 10.1. The molecule has 7 heavy (non-hydrogen) atoms. The van der Waals surface area contributed by atoms with Crippen molar-refractivity contribution in [3.05, 3.63) is 6.92 Å². The summed E-state index contributed by atoms with van der Waals surface area (Å²) in [5, 5.41) is 0. The second kappa shape index (κ2) is 2.75. The van der Waals surface area contributed by atoms with Crippen LogP contribution in [0.15, 0.2) is 0 Å². The van der Waals surface area contributed by atoms with E-state index in [-0.39, 0.29) is 11.8 Å². The van der Waals surface area contributed by atoms with E-state index < -0.39 is 0 Å². The van der Waals surface area contributed by atoms with Crippen LogP contribution in [0.3, 0.4) is 0 Å². The van der Waals surface area contributed by atoms with Crippen molar-refractivity contribution in [3.8, 4) is 0 Å². The lowest BCUT2D eigenvalue weighted by molar-refractivity contribution is -0.117. The van der Waals surface area contributed by atoms with Gasteiger partial charge >= 0.3 is 0 Å². The van der Waals surface area contributed by atoms with E-state index in [1.807, 2.05) is 0 Å². The monoisotopic (exact) mass is 100 g/mol. The second-order valence-corrected chi connectivity index (χ2v) is 1.67. The van der Waals surface area contributed by atoms with Gasteiger partial charge in [-0.05, 0) is 13.8 Å². The zero-order valence-electron chi connectivity index (χ0n) is 4.48. The molecule has 0 fully saturated rings. The van der Waals surface area contributed by atoms with Crippen LogP contribution in [0.4, 0.5) is 0 Å². The van der Waals surface area contributed by atoms with Crippen LogP contribution < -0.4 is 5.73 Å². The van der Waals surface area contributed by atoms with Crippen molar-refractivity contribution in [3.63, 3.8) is 0 Å². The van der Waals surface area contributed by atoms with Gasteiger partial charge in [0.05, 0.1) is 0 Å². The van der Waals surface area contributed by atoms with E-state index in [1.165, 1.54) is 6.92 Å². The zero-order valence-corrected chi connectivity index (χ0v) is 4.48. The summed E-state index contributed by atoms with van der Waals surface area (Å²) in [6, 6.07) is -0.225. The van der Waals surface area contributed by atoms with Crippen LogP contribution >= 0.6 is 0 Å². The lowest BCUT2D eigenvalue weighted by atomic mass is 10.2. The molecule has 0 rings (SSSR count). The fourth-order valence-electron chi connectivity index (χ4n) is 0.369. The van der Waals surface area contributed by atoms with Gasteiger partial charge in [0.1, 0.15) is 5.78 Å². The largest absolute Gasteiger partial charge is 0.327 e. The van der Waals surface area contributed by atoms with Gasteiger partial charge < -0.3 is 5.73 Å². The highest BCUT2D eigenvalue weighted by molar-refractivity contribution is 5.76. The summed E-state index contributed by atoms with van der Waals surface area (Å²) in [5.74, 6) is 0.0995. The minimum absolute atomic E-state index is 0.0995. The molecule has 0 aromatic heterocycles. The van der Waals surface area contributed by atoms with Gasteiger partial charge in [-0.1, -0.05) is 0 Å². The topological polar surface area (TPSA) is 43.1 Å². The van der Waals surface area contributed by atoms with Crippen molar-refractivity contribution in [1.82, 2.24) is 0 Å². The fraction of sp³-hybridized carbons (Fsp3) is 0.600. The molecule has 41 valence electrons. The van der Waals surface area contributed by atoms with Gasteiger partial charge in [0, 0.05) is 12.5 Å². The first-order valence-electron chi connectivity index (χ1n) is 2.21. The zero-order chi connectivity index (χ0) is 5.86. The summed E-state index contributed by atoms with van der Waals surface area (Å²) < 4.78 is 0. The third kappa shape index (κ3) is 5.63. The van der Waals surface area contributed by atoms with Crippen LogP contribution in [-0.2, 0) is 4.79 Å². The van der Waals surface area contributed by atoms with Crippen molar-refractivity contribution in [2.75, 3.05) is 0 Å². The first-order chi connectivity index (χ1) is 3.13. The molecule has 0 aliphatic heterocycles. The molecule has 0 bridgehead atoms. The lowest BCUT2D eigenvalue weighted by Gasteiger charge is -1.96. The standard InChI is InChI=1S/C5H10NO/c1-4(6)3-5(2)7/h4H,1,3,6H2,2H3. The maximum absolute atomic E-state index is 10.1. The summed E-state index contributed by atoms with van der Waals surface area (Å²) in [6.07, 6.45) is 0.389. The molecule has 1 radical (unpaired) electrons. The predicted molar refractivity (Wildman–Crippen MR) is 28.6 cm³/mol. The molecular weight excluding hydrogens is 90.1 g/mol. The average Bonchev–Trinajstić information content (AvgIpc) is 1.27. The SMILES string of the molecule is [CH2]C(N)CC(C)=O. The van der Waals surface area contributed by atoms with Crippen LogP contribution in [-0.4, -0.2) is 11.8 Å². The normalized spacial score (nSPS) is 13.6. The average molecular weight is 100 g/mol. The first-order valence-corrected chi connectivity index (χ1v) is 2.21. The lowest BCUT2D eigenvalue weighted by Crippen LogP contribution is -2.18. The number of nitrogens with two attached hydrogens (primary N) is 1. The Labute approximate surface area is 43.7 Å². The molecule has 0 amide bonds. The number of carbonyl (C=O) groups excluding carboxylic acids is 1. The molecule has 2 N–H and O–H groups in total. The van der Waals surface area contributed by atoms with Crippen molar-refractivity contribution >= 4 is 5.78 Å². The Morgan fingerprint density at radius 3 is 2.43 bits per heavy atom. The van der Waals surface area contributed by atoms with Gasteiger partial charge in [0.2, 0.25) is 0 Å². The van der Waals surface area contributed by atoms with Crippen LogP contribution in [0.1, 0.15) is 13.3 Å². The Kier molecular flexibility index (Phi) is 2.60. The van der Waals surface area contributed by atoms with E-state index in [4.69, 9.17) is 5.73 Å². The molecule has 0 saturated carbocycles. The highest BCUT2D eigenvalue weighted by Gasteiger charge is 1.95.